The molecule has 1 rings (SSSR count). The number of carbonyl (C=O) groups is 2. The first-order chi connectivity index (χ1) is 9.70. The summed E-state index contributed by atoms with van der Waals surface area (Å²) in [6.45, 7) is 0. The van der Waals surface area contributed by atoms with Gasteiger partial charge < -0.3 is 9.47 Å². The fraction of sp³-hybridized carbons (Fsp3) is 0.333. The molecular formula is C12H14BrNO6S. The minimum absolute atomic E-state index is 0.236. The van der Waals surface area contributed by atoms with E-state index in [9.17, 15) is 18.0 Å². The third-order valence-electron chi connectivity index (χ3n) is 2.74. The predicted molar refractivity (Wildman–Crippen MR) is 78.0 cm³/mol. The van der Waals surface area contributed by atoms with Crippen molar-refractivity contribution < 1.29 is 27.5 Å². The van der Waals surface area contributed by atoms with Crippen LogP contribution < -0.4 is 5.14 Å². The molecule has 9 heteroatoms. The number of ether oxygens (including phenoxy) is 2. The molecule has 1 unspecified atom stereocenters. The quantitative estimate of drug-likeness (QED) is 0.767. The van der Waals surface area contributed by atoms with Gasteiger partial charge in [0.1, 0.15) is 5.25 Å². The molecule has 0 heterocycles. The summed E-state index contributed by atoms with van der Waals surface area (Å²) >= 11 is 3.17. The summed E-state index contributed by atoms with van der Waals surface area (Å²) in [7, 11) is -1.65. The second kappa shape index (κ2) is 7.01. The van der Waals surface area contributed by atoms with Gasteiger partial charge in [0.15, 0.2) is 0 Å². The molecule has 0 aliphatic carbocycles. The fourth-order valence-electron chi connectivity index (χ4n) is 1.67. The van der Waals surface area contributed by atoms with Crippen LogP contribution in [-0.4, -0.2) is 34.6 Å². The van der Waals surface area contributed by atoms with Crippen LogP contribution in [0.5, 0.6) is 0 Å². The Balaban J connectivity index is 3.26. The van der Waals surface area contributed by atoms with Gasteiger partial charge >= 0.3 is 11.9 Å². The molecular weight excluding hydrogens is 366 g/mol. The molecule has 1 aromatic rings. The Morgan fingerprint density at radius 3 is 2.33 bits per heavy atom. The summed E-state index contributed by atoms with van der Waals surface area (Å²) in [5.41, 5.74) is 0.495. The molecule has 0 spiro atoms. The van der Waals surface area contributed by atoms with Crippen molar-refractivity contribution in [3.05, 3.63) is 33.8 Å². The van der Waals surface area contributed by atoms with Crippen LogP contribution in [0, 0.1) is 0 Å². The summed E-state index contributed by atoms with van der Waals surface area (Å²) in [6.07, 6.45) is -0.425. The van der Waals surface area contributed by atoms with Gasteiger partial charge in [-0.05, 0) is 17.7 Å². The van der Waals surface area contributed by atoms with Crippen LogP contribution in [0.15, 0.2) is 22.7 Å². The molecule has 0 aromatic heterocycles. The molecule has 116 valence electrons. The summed E-state index contributed by atoms with van der Waals surface area (Å²) in [5, 5.41) is 3.89. The fourth-order valence-corrected chi connectivity index (χ4v) is 3.41. The standard InChI is InChI=1S/C12H14BrNO6S/c1-19-11(15)6-10(21(14,17)18)8-4-3-7(5-9(8)13)12(16)20-2/h3-5,10H,6H2,1-2H3,(H2,14,17,18). The monoisotopic (exact) mass is 379 g/mol. The number of benzene rings is 1. The lowest BCUT2D eigenvalue weighted by Gasteiger charge is -2.16. The largest absolute Gasteiger partial charge is 0.469 e. The first-order valence-electron chi connectivity index (χ1n) is 5.67. The number of primary sulfonamides is 1. The average molecular weight is 380 g/mol. The molecule has 0 radical (unpaired) electrons. The Hall–Kier alpha value is -1.45. The summed E-state index contributed by atoms with van der Waals surface area (Å²) in [4.78, 5) is 22.8. The van der Waals surface area contributed by atoms with Gasteiger partial charge in [0.25, 0.3) is 0 Å². The molecule has 0 amide bonds. The molecule has 0 bridgehead atoms. The number of halogens is 1. The zero-order valence-corrected chi connectivity index (χ0v) is 13.7. The Morgan fingerprint density at radius 1 is 1.29 bits per heavy atom. The van der Waals surface area contributed by atoms with E-state index in [-0.39, 0.29) is 11.1 Å². The molecule has 0 saturated heterocycles. The number of nitrogens with two attached hydrogens (primary N) is 1. The maximum Gasteiger partial charge on any atom is 0.337 e. The Labute approximate surface area is 130 Å². The van der Waals surface area contributed by atoms with E-state index in [1.165, 1.54) is 25.3 Å². The van der Waals surface area contributed by atoms with Gasteiger partial charge in [-0.1, -0.05) is 22.0 Å². The highest BCUT2D eigenvalue weighted by Crippen LogP contribution is 2.31. The first-order valence-corrected chi connectivity index (χ1v) is 8.07. The van der Waals surface area contributed by atoms with Crippen LogP contribution in [0.3, 0.4) is 0 Å². The van der Waals surface area contributed by atoms with Gasteiger partial charge in [-0.15, -0.1) is 0 Å². The highest BCUT2D eigenvalue weighted by molar-refractivity contribution is 9.10. The van der Waals surface area contributed by atoms with Gasteiger partial charge in [0.05, 0.1) is 26.2 Å². The van der Waals surface area contributed by atoms with Crippen LogP contribution in [0.25, 0.3) is 0 Å². The zero-order chi connectivity index (χ0) is 16.2. The summed E-state index contributed by atoms with van der Waals surface area (Å²) in [6, 6.07) is 4.19. The number of methoxy groups -OCH3 is 2. The van der Waals surface area contributed by atoms with Gasteiger partial charge in [0.2, 0.25) is 10.0 Å². The number of esters is 2. The van der Waals surface area contributed by atoms with E-state index >= 15 is 0 Å². The smallest absolute Gasteiger partial charge is 0.337 e. The van der Waals surface area contributed by atoms with Crippen LogP contribution >= 0.6 is 15.9 Å². The van der Waals surface area contributed by atoms with Crippen molar-refractivity contribution >= 4 is 37.9 Å². The number of hydrogen-bond donors (Lipinski definition) is 1. The van der Waals surface area contributed by atoms with Crippen molar-refractivity contribution in [1.29, 1.82) is 0 Å². The lowest BCUT2D eigenvalue weighted by molar-refractivity contribution is -0.140. The van der Waals surface area contributed by atoms with Gasteiger partial charge in [-0.25, -0.2) is 18.4 Å². The number of carbonyl (C=O) groups excluding carboxylic acids is 2. The average Bonchev–Trinajstić information content (AvgIpc) is 2.42. The molecule has 1 atom stereocenters. The molecule has 0 aliphatic rings. The van der Waals surface area contributed by atoms with E-state index in [2.05, 4.69) is 25.4 Å². The Bertz CT molecular complexity index is 658. The predicted octanol–water partition coefficient (Wildman–Crippen LogP) is 1.13. The summed E-state index contributed by atoms with van der Waals surface area (Å²) < 4.78 is 32.7. The minimum atomic E-state index is -4.03. The third-order valence-corrected chi connectivity index (χ3v) is 4.65. The van der Waals surface area contributed by atoms with Crippen LogP contribution in [-0.2, 0) is 24.3 Å². The lowest BCUT2D eigenvalue weighted by atomic mass is 10.1. The van der Waals surface area contributed by atoms with Crippen molar-refractivity contribution in [2.24, 2.45) is 5.14 Å². The Kier molecular flexibility index (Phi) is 5.87. The number of hydrogen-bond acceptors (Lipinski definition) is 6. The van der Waals surface area contributed by atoms with Crippen molar-refractivity contribution in [3.63, 3.8) is 0 Å². The van der Waals surface area contributed by atoms with Crippen LogP contribution in [0.4, 0.5) is 0 Å². The van der Waals surface area contributed by atoms with Crippen LogP contribution in [0.1, 0.15) is 27.6 Å². The molecule has 7 nitrogen and oxygen atoms in total. The van der Waals surface area contributed by atoms with Crippen molar-refractivity contribution in [2.75, 3.05) is 14.2 Å². The molecule has 0 fully saturated rings. The topological polar surface area (TPSA) is 113 Å². The van der Waals surface area contributed by atoms with Gasteiger partial charge in [0, 0.05) is 4.47 Å². The maximum atomic E-state index is 11.7. The summed E-state index contributed by atoms with van der Waals surface area (Å²) in [5.74, 6) is -1.28. The number of sulfonamides is 1. The molecule has 2 N–H and O–H groups in total. The lowest BCUT2D eigenvalue weighted by Crippen LogP contribution is -2.25. The second-order valence-electron chi connectivity index (χ2n) is 4.09. The SMILES string of the molecule is COC(=O)CC(c1ccc(C(=O)OC)cc1Br)S(N)(=O)=O. The normalized spacial score (nSPS) is 12.6. The van der Waals surface area contributed by atoms with E-state index in [4.69, 9.17) is 5.14 Å². The van der Waals surface area contributed by atoms with Gasteiger partial charge in [-0.3, -0.25) is 4.79 Å². The Morgan fingerprint density at radius 2 is 1.90 bits per heavy atom. The van der Waals surface area contributed by atoms with E-state index in [0.29, 0.717) is 4.47 Å². The van der Waals surface area contributed by atoms with Crippen molar-refractivity contribution in [1.82, 2.24) is 0 Å². The molecule has 1 aromatic carbocycles. The number of rotatable bonds is 5. The van der Waals surface area contributed by atoms with Crippen molar-refractivity contribution in [2.45, 2.75) is 11.7 Å². The first kappa shape index (κ1) is 17.6. The van der Waals surface area contributed by atoms with E-state index in [1.807, 2.05) is 0 Å². The van der Waals surface area contributed by atoms with E-state index in [0.717, 1.165) is 7.11 Å². The molecule has 0 saturated carbocycles. The molecule has 0 aliphatic heterocycles. The highest BCUT2D eigenvalue weighted by Gasteiger charge is 2.29. The van der Waals surface area contributed by atoms with Crippen LogP contribution in [0.2, 0.25) is 0 Å². The second-order valence-corrected chi connectivity index (χ2v) is 6.69. The van der Waals surface area contributed by atoms with E-state index < -0.39 is 33.6 Å². The van der Waals surface area contributed by atoms with E-state index in [1.54, 1.807) is 0 Å². The zero-order valence-electron chi connectivity index (χ0n) is 11.3. The van der Waals surface area contributed by atoms with Crippen molar-refractivity contribution in [3.8, 4) is 0 Å². The molecule has 21 heavy (non-hydrogen) atoms. The highest BCUT2D eigenvalue weighted by atomic mass is 79.9. The maximum absolute atomic E-state index is 11.7. The van der Waals surface area contributed by atoms with Gasteiger partial charge in [-0.2, -0.15) is 0 Å². The third kappa shape index (κ3) is 4.51. The minimum Gasteiger partial charge on any atom is -0.469 e.